The lowest BCUT2D eigenvalue weighted by atomic mass is 10.1. The second-order valence-electron chi connectivity index (χ2n) is 4.95. The van der Waals surface area contributed by atoms with Crippen molar-refractivity contribution in [3.05, 3.63) is 46.9 Å². The Hall–Kier alpha value is -2.12. The van der Waals surface area contributed by atoms with Gasteiger partial charge in [0.25, 0.3) is 0 Å². The molecule has 2 amide bonds. The molecule has 0 aliphatic heterocycles. The minimum atomic E-state index is -0.746. The molecule has 124 valence electrons. The van der Waals surface area contributed by atoms with E-state index >= 15 is 0 Å². The zero-order valence-electron chi connectivity index (χ0n) is 12.6. The van der Waals surface area contributed by atoms with Gasteiger partial charge in [-0.3, -0.25) is 5.32 Å². The van der Waals surface area contributed by atoms with Gasteiger partial charge in [-0.2, -0.15) is 5.10 Å². The summed E-state index contributed by atoms with van der Waals surface area (Å²) in [5.41, 5.74) is 0.423. The van der Waals surface area contributed by atoms with Gasteiger partial charge in [0.05, 0.1) is 23.9 Å². The van der Waals surface area contributed by atoms with Gasteiger partial charge in [0.1, 0.15) is 11.6 Å². The number of nitrogens with zero attached hydrogens (tertiary/aromatic N) is 2. The number of aromatic nitrogens is 2. The Labute approximate surface area is 138 Å². The number of aryl methyl sites for hydroxylation is 1. The molecule has 0 bridgehead atoms. The van der Waals surface area contributed by atoms with E-state index in [1.807, 2.05) is 6.92 Å². The van der Waals surface area contributed by atoms with Crippen LogP contribution in [0.2, 0.25) is 5.02 Å². The third kappa shape index (κ3) is 4.43. The van der Waals surface area contributed by atoms with Crippen LogP contribution in [0.4, 0.5) is 15.0 Å². The average molecular weight is 341 g/mol. The summed E-state index contributed by atoms with van der Waals surface area (Å²) in [6, 6.07) is 4.52. The Kier molecular flexibility index (Phi) is 5.95. The number of benzene rings is 1. The van der Waals surface area contributed by atoms with Crippen LogP contribution in [-0.2, 0) is 6.54 Å². The molecule has 0 saturated carbocycles. The Morgan fingerprint density at radius 3 is 2.91 bits per heavy atom. The van der Waals surface area contributed by atoms with Crippen LogP contribution in [0, 0.1) is 5.82 Å². The number of carbonyl (C=O) groups is 1. The van der Waals surface area contributed by atoms with Crippen molar-refractivity contribution >= 4 is 23.4 Å². The van der Waals surface area contributed by atoms with Crippen molar-refractivity contribution in [3.63, 3.8) is 0 Å². The number of carbonyl (C=O) groups excluding carboxylic acids is 1. The first-order valence-electron chi connectivity index (χ1n) is 7.20. The SMILES string of the molecule is CCCn1nccc1NC(=O)NC(CO)c1ccc(Cl)c(F)c1. The van der Waals surface area contributed by atoms with E-state index < -0.39 is 17.9 Å². The summed E-state index contributed by atoms with van der Waals surface area (Å²) >= 11 is 5.63. The van der Waals surface area contributed by atoms with Gasteiger partial charge in [0.2, 0.25) is 0 Å². The number of nitrogens with one attached hydrogen (secondary N) is 2. The molecule has 0 fully saturated rings. The summed E-state index contributed by atoms with van der Waals surface area (Å²) in [4.78, 5) is 12.1. The molecule has 3 N–H and O–H groups in total. The first-order valence-corrected chi connectivity index (χ1v) is 7.58. The number of aliphatic hydroxyl groups excluding tert-OH is 1. The molecule has 1 aromatic heterocycles. The number of hydrogen-bond donors (Lipinski definition) is 3. The van der Waals surface area contributed by atoms with Gasteiger partial charge in [-0.25, -0.2) is 13.9 Å². The number of halogens is 2. The molecule has 23 heavy (non-hydrogen) atoms. The van der Waals surface area contributed by atoms with Crippen molar-refractivity contribution in [2.75, 3.05) is 11.9 Å². The summed E-state index contributed by atoms with van der Waals surface area (Å²) in [6.45, 7) is 2.31. The molecule has 8 heteroatoms. The van der Waals surface area contributed by atoms with Crippen LogP contribution in [0.25, 0.3) is 0 Å². The minimum Gasteiger partial charge on any atom is -0.394 e. The van der Waals surface area contributed by atoms with Gasteiger partial charge in [0.15, 0.2) is 0 Å². The molecule has 1 aromatic carbocycles. The molecule has 2 rings (SSSR count). The molecular formula is C15H18ClFN4O2. The maximum atomic E-state index is 13.5. The molecule has 0 saturated heterocycles. The van der Waals surface area contributed by atoms with E-state index in [0.717, 1.165) is 6.42 Å². The lowest BCUT2D eigenvalue weighted by Crippen LogP contribution is -2.35. The summed E-state index contributed by atoms with van der Waals surface area (Å²) in [5.74, 6) is -0.0610. The number of urea groups is 1. The third-order valence-electron chi connectivity index (χ3n) is 3.23. The first kappa shape index (κ1) is 17.2. The highest BCUT2D eigenvalue weighted by Crippen LogP contribution is 2.20. The van der Waals surface area contributed by atoms with Crippen LogP contribution >= 0.6 is 11.6 Å². The van der Waals surface area contributed by atoms with E-state index in [2.05, 4.69) is 15.7 Å². The smallest absolute Gasteiger partial charge is 0.320 e. The van der Waals surface area contributed by atoms with E-state index in [0.29, 0.717) is 17.9 Å². The zero-order chi connectivity index (χ0) is 16.8. The molecule has 1 unspecified atom stereocenters. The van der Waals surface area contributed by atoms with Gasteiger partial charge in [-0.15, -0.1) is 0 Å². The fourth-order valence-electron chi connectivity index (χ4n) is 2.10. The standard InChI is InChI=1S/C15H18ClFN4O2/c1-2-7-21-14(5-6-18-21)20-15(23)19-13(9-22)10-3-4-11(16)12(17)8-10/h3-6,8,13,22H,2,7,9H2,1H3,(H2,19,20,23). The van der Waals surface area contributed by atoms with Crippen LogP contribution in [-0.4, -0.2) is 27.5 Å². The van der Waals surface area contributed by atoms with Gasteiger partial charge in [0, 0.05) is 12.6 Å². The number of rotatable bonds is 6. The van der Waals surface area contributed by atoms with Crippen molar-refractivity contribution in [1.82, 2.24) is 15.1 Å². The average Bonchev–Trinajstić information content (AvgIpc) is 2.95. The lowest BCUT2D eigenvalue weighted by molar-refractivity contribution is 0.225. The second-order valence-corrected chi connectivity index (χ2v) is 5.35. The van der Waals surface area contributed by atoms with Crippen molar-refractivity contribution in [2.45, 2.75) is 25.9 Å². The summed E-state index contributed by atoms with van der Waals surface area (Å²) in [7, 11) is 0. The van der Waals surface area contributed by atoms with Gasteiger partial charge >= 0.3 is 6.03 Å². The van der Waals surface area contributed by atoms with Gasteiger partial charge in [-0.05, 0) is 24.1 Å². The van der Waals surface area contributed by atoms with Crippen molar-refractivity contribution in [3.8, 4) is 0 Å². The lowest BCUT2D eigenvalue weighted by Gasteiger charge is -2.18. The first-order chi connectivity index (χ1) is 11.0. The fraction of sp³-hybridized carbons (Fsp3) is 0.333. The molecule has 0 aliphatic rings. The maximum absolute atomic E-state index is 13.5. The van der Waals surface area contributed by atoms with E-state index in [4.69, 9.17) is 11.6 Å². The summed E-state index contributed by atoms with van der Waals surface area (Å²) in [6.07, 6.45) is 2.46. The monoisotopic (exact) mass is 340 g/mol. The van der Waals surface area contributed by atoms with E-state index in [1.54, 1.807) is 23.0 Å². The third-order valence-corrected chi connectivity index (χ3v) is 3.53. The molecule has 0 aliphatic carbocycles. The van der Waals surface area contributed by atoms with Crippen LogP contribution in [0.1, 0.15) is 24.9 Å². The summed E-state index contributed by atoms with van der Waals surface area (Å²) in [5, 5.41) is 18.8. The zero-order valence-corrected chi connectivity index (χ0v) is 13.3. The highest BCUT2D eigenvalue weighted by atomic mass is 35.5. The molecular weight excluding hydrogens is 323 g/mol. The van der Waals surface area contributed by atoms with Gasteiger partial charge < -0.3 is 10.4 Å². The summed E-state index contributed by atoms with van der Waals surface area (Å²) < 4.78 is 15.2. The number of hydrogen-bond acceptors (Lipinski definition) is 3. The predicted molar refractivity (Wildman–Crippen MR) is 85.9 cm³/mol. The Balaban J connectivity index is 2.04. The van der Waals surface area contributed by atoms with Crippen LogP contribution in [0.15, 0.2) is 30.5 Å². The topological polar surface area (TPSA) is 79.2 Å². The Morgan fingerprint density at radius 2 is 2.26 bits per heavy atom. The molecule has 0 radical (unpaired) electrons. The molecule has 1 heterocycles. The molecule has 1 atom stereocenters. The van der Waals surface area contributed by atoms with E-state index in [1.165, 1.54) is 12.1 Å². The van der Waals surface area contributed by atoms with Gasteiger partial charge in [-0.1, -0.05) is 24.6 Å². The van der Waals surface area contributed by atoms with Crippen LogP contribution in [0.5, 0.6) is 0 Å². The largest absolute Gasteiger partial charge is 0.394 e. The number of aliphatic hydroxyl groups is 1. The second kappa shape index (κ2) is 7.94. The predicted octanol–water partition coefficient (Wildman–Crippen LogP) is 2.94. The Bertz CT molecular complexity index is 677. The quantitative estimate of drug-likeness (QED) is 0.756. The van der Waals surface area contributed by atoms with Crippen LogP contribution in [0.3, 0.4) is 0 Å². The maximum Gasteiger partial charge on any atom is 0.320 e. The van der Waals surface area contributed by atoms with Crippen molar-refractivity contribution in [2.24, 2.45) is 0 Å². The van der Waals surface area contributed by atoms with Crippen LogP contribution < -0.4 is 10.6 Å². The Morgan fingerprint density at radius 1 is 1.48 bits per heavy atom. The van der Waals surface area contributed by atoms with E-state index in [9.17, 15) is 14.3 Å². The normalized spacial score (nSPS) is 12.0. The molecule has 2 aromatic rings. The number of amides is 2. The van der Waals surface area contributed by atoms with Crippen molar-refractivity contribution in [1.29, 1.82) is 0 Å². The van der Waals surface area contributed by atoms with E-state index in [-0.39, 0.29) is 11.6 Å². The number of anilines is 1. The van der Waals surface area contributed by atoms with Crippen molar-refractivity contribution < 1.29 is 14.3 Å². The minimum absolute atomic E-state index is 0.0154. The molecule has 0 spiro atoms. The fourth-order valence-corrected chi connectivity index (χ4v) is 2.22. The highest BCUT2D eigenvalue weighted by Gasteiger charge is 2.16. The highest BCUT2D eigenvalue weighted by molar-refractivity contribution is 6.30. The molecule has 6 nitrogen and oxygen atoms in total.